The molecule has 1 aliphatic rings. The average molecular weight is 248 g/mol. The van der Waals surface area contributed by atoms with E-state index >= 15 is 0 Å². The zero-order chi connectivity index (χ0) is 12.7. The van der Waals surface area contributed by atoms with E-state index in [1.54, 1.807) is 6.33 Å². The van der Waals surface area contributed by atoms with Crippen LogP contribution in [0.4, 0.5) is 5.82 Å². The Kier molecular flexibility index (Phi) is 2.64. The molecule has 0 saturated carbocycles. The van der Waals surface area contributed by atoms with Crippen molar-refractivity contribution in [1.29, 1.82) is 0 Å². The number of hydrogen-bond acceptors (Lipinski definition) is 6. The van der Waals surface area contributed by atoms with Crippen molar-refractivity contribution in [3.63, 3.8) is 0 Å². The number of nitrogens with zero attached hydrogens (tertiary/aromatic N) is 4. The summed E-state index contributed by atoms with van der Waals surface area (Å²) in [7, 11) is 0. The number of nitrogen functional groups attached to an aromatic ring is 1. The van der Waals surface area contributed by atoms with Gasteiger partial charge in [0.2, 0.25) is 0 Å². The van der Waals surface area contributed by atoms with Crippen LogP contribution in [0.5, 0.6) is 0 Å². The first-order valence-electron chi connectivity index (χ1n) is 6.04. The van der Waals surface area contributed by atoms with Crippen LogP contribution in [0.1, 0.15) is 26.0 Å². The smallest absolute Gasteiger partial charge is 0.167 e. The van der Waals surface area contributed by atoms with Crippen molar-refractivity contribution in [3.05, 3.63) is 12.7 Å². The van der Waals surface area contributed by atoms with Gasteiger partial charge in [0.25, 0.3) is 0 Å². The van der Waals surface area contributed by atoms with Crippen LogP contribution in [0.2, 0.25) is 0 Å². The minimum atomic E-state index is -0.121. The minimum Gasteiger partial charge on any atom is -0.382 e. The van der Waals surface area contributed by atoms with Crippen molar-refractivity contribution < 1.29 is 4.74 Å². The van der Waals surface area contributed by atoms with Crippen LogP contribution in [0.25, 0.3) is 11.2 Å². The van der Waals surface area contributed by atoms with Crippen LogP contribution < -0.4 is 11.5 Å². The van der Waals surface area contributed by atoms with Crippen LogP contribution >= 0.6 is 0 Å². The van der Waals surface area contributed by atoms with Gasteiger partial charge in [-0.15, -0.1) is 0 Å². The molecule has 3 rings (SSSR count). The fraction of sp³-hybridized carbons (Fsp3) is 0.545. The van der Waals surface area contributed by atoms with Gasteiger partial charge in [0.15, 0.2) is 11.5 Å². The maximum atomic E-state index is 6.04. The quantitative estimate of drug-likeness (QED) is 0.798. The van der Waals surface area contributed by atoms with Crippen molar-refractivity contribution in [3.8, 4) is 0 Å². The molecule has 4 N–H and O–H groups in total. The molecule has 0 radical (unpaired) electrons. The van der Waals surface area contributed by atoms with E-state index in [-0.39, 0.29) is 18.4 Å². The van der Waals surface area contributed by atoms with Crippen LogP contribution in [0, 0.1) is 0 Å². The molecule has 7 nitrogen and oxygen atoms in total. The van der Waals surface area contributed by atoms with E-state index in [0.717, 1.165) is 12.8 Å². The molecule has 1 saturated heterocycles. The van der Waals surface area contributed by atoms with Gasteiger partial charge in [0.1, 0.15) is 18.1 Å². The lowest BCUT2D eigenvalue weighted by Gasteiger charge is -2.14. The third kappa shape index (κ3) is 1.63. The predicted molar refractivity (Wildman–Crippen MR) is 66.5 cm³/mol. The third-order valence-corrected chi connectivity index (χ3v) is 3.38. The maximum absolute atomic E-state index is 6.04. The van der Waals surface area contributed by atoms with Gasteiger partial charge in [0, 0.05) is 12.5 Å². The topological polar surface area (TPSA) is 105 Å². The van der Waals surface area contributed by atoms with Gasteiger partial charge in [-0.2, -0.15) is 0 Å². The number of hydrogen-bond donors (Lipinski definition) is 2. The van der Waals surface area contributed by atoms with E-state index < -0.39 is 0 Å². The average Bonchev–Trinajstić information content (AvgIpc) is 2.93. The molecular weight excluding hydrogens is 232 g/mol. The molecule has 0 aliphatic carbocycles. The molecule has 1 fully saturated rings. The van der Waals surface area contributed by atoms with Crippen molar-refractivity contribution in [1.82, 2.24) is 19.5 Å². The molecule has 2 aromatic rings. The van der Waals surface area contributed by atoms with Crippen molar-refractivity contribution in [2.45, 2.75) is 38.1 Å². The van der Waals surface area contributed by atoms with Gasteiger partial charge in [-0.25, -0.2) is 15.0 Å². The van der Waals surface area contributed by atoms with Gasteiger partial charge in [-0.3, -0.25) is 4.57 Å². The molecule has 0 spiro atoms. The second-order valence-electron chi connectivity index (χ2n) is 4.52. The summed E-state index contributed by atoms with van der Waals surface area (Å²) in [6, 6.07) is 0.0524. The Morgan fingerprint density at radius 1 is 1.44 bits per heavy atom. The Balaban J connectivity index is 1.99. The number of ether oxygens (including phenoxy) is 1. The zero-order valence-electron chi connectivity index (χ0n) is 10.2. The van der Waals surface area contributed by atoms with E-state index in [1.165, 1.54) is 6.33 Å². The molecule has 3 heterocycles. The second-order valence-corrected chi connectivity index (χ2v) is 4.52. The summed E-state index contributed by atoms with van der Waals surface area (Å²) in [5.74, 6) is 0.382. The molecule has 96 valence electrons. The number of imidazole rings is 1. The Morgan fingerprint density at radius 2 is 2.28 bits per heavy atom. The molecule has 3 unspecified atom stereocenters. The first-order valence-corrected chi connectivity index (χ1v) is 6.04. The summed E-state index contributed by atoms with van der Waals surface area (Å²) in [5.41, 5.74) is 13.1. The van der Waals surface area contributed by atoms with Crippen molar-refractivity contribution >= 4 is 17.0 Å². The molecule has 0 aromatic carbocycles. The molecule has 0 amide bonds. The Bertz CT molecular complexity index is 568. The first-order chi connectivity index (χ1) is 8.70. The number of anilines is 1. The van der Waals surface area contributed by atoms with Crippen molar-refractivity contribution in [2.24, 2.45) is 5.73 Å². The van der Waals surface area contributed by atoms with E-state index in [9.17, 15) is 0 Å². The molecule has 7 heteroatoms. The fourth-order valence-electron chi connectivity index (χ4n) is 2.40. The molecule has 2 aromatic heterocycles. The highest BCUT2D eigenvalue weighted by Gasteiger charge is 2.33. The molecule has 18 heavy (non-hydrogen) atoms. The standard InChI is InChI=1S/C11H16N6O/c1-2-7-6(12)3-8(18-7)17-5-16-9-10(13)14-4-15-11(9)17/h4-8H,2-3,12H2,1H3,(H2,13,14,15). The van der Waals surface area contributed by atoms with E-state index in [0.29, 0.717) is 17.0 Å². The van der Waals surface area contributed by atoms with Crippen LogP contribution in [-0.4, -0.2) is 31.7 Å². The number of nitrogens with two attached hydrogens (primary N) is 2. The van der Waals surface area contributed by atoms with E-state index in [2.05, 4.69) is 21.9 Å². The number of rotatable bonds is 2. The largest absolute Gasteiger partial charge is 0.382 e. The molecular formula is C11H16N6O. The van der Waals surface area contributed by atoms with E-state index in [4.69, 9.17) is 16.2 Å². The van der Waals surface area contributed by atoms with Crippen LogP contribution in [0.3, 0.4) is 0 Å². The highest BCUT2D eigenvalue weighted by atomic mass is 16.5. The third-order valence-electron chi connectivity index (χ3n) is 3.38. The maximum Gasteiger partial charge on any atom is 0.167 e. The van der Waals surface area contributed by atoms with Crippen LogP contribution in [0.15, 0.2) is 12.7 Å². The molecule has 1 aliphatic heterocycles. The second kappa shape index (κ2) is 4.18. The van der Waals surface area contributed by atoms with Gasteiger partial charge >= 0.3 is 0 Å². The van der Waals surface area contributed by atoms with Gasteiger partial charge in [-0.05, 0) is 6.42 Å². The summed E-state index contributed by atoms with van der Waals surface area (Å²) in [6.45, 7) is 2.07. The summed E-state index contributed by atoms with van der Waals surface area (Å²) in [5, 5.41) is 0. The summed E-state index contributed by atoms with van der Waals surface area (Å²) >= 11 is 0. The predicted octanol–water partition coefficient (Wildman–Crippen LogP) is 0.433. The van der Waals surface area contributed by atoms with Crippen molar-refractivity contribution in [2.75, 3.05) is 5.73 Å². The van der Waals surface area contributed by atoms with Gasteiger partial charge in [0.05, 0.1) is 12.4 Å². The summed E-state index contributed by atoms with van der Waals surface area (Å²) < 4.78 is 7.79. The van der Waals surface area contributed by atoms with Gasteiger partial charge in [-0.1, -0.05) is 6.92 Å². The highest BCUT2D eigenvalue weighted by Crippen LogP contribution is 2.31. The fourth-order valence-corrected chi connectivity index (χ4v) is 2.40. The Hall–Kier alpha value is -1.73. The normalized spacial score (nSPS) is 28.0. The Labute approximate surface area is 104 Å². The van der Waals surface area contributed by atoms with Crippen LogP contribution in [-0.2, 0) is 4.74 Å². The highest BCUT2D eigenvalue weighted by molar-refractivity contribution is 5.81. The molecule has 0 bridgehead atoms. The van der Waals surface area contributed by atoms with Gasteiger partial charge < -0.3 is 16.2 Å². The summed E-state index contributed by atoms with van der Waals surface area (Å²) in [4.78, 5) is 12.4. The first kappa shape index (κ1) is 11.4. The summed E-state index contributed by atoms with van der Waals surface area (Å²) in [6.07, 6.45) is 4.75. The minimum absolute atomic E-state index is 0.0524. The van der Waals surface area contributed by atoms with E-state index in [1.807, 2.05) is 4.57 Å². The lowest BCUT2D eigenvalue weighted by Crippen LogP contribution is -2.29. The monoisotopic (exact) mass is 248 g/mol. The lowest BCUT2D eigenvalue weighted by molar-refractivity contribution is 0.000665. The molecule has 3 atom stereocenters. The Morgan fingerprint density at radius 3 is 3.00 bits per heavy atom. The number of aromatic nitrogens is 4. The lowest BCUT2D eigenvalue weighted by atomic mass is 10.1. The number of fused-ring (bicyclic) bond motifs is 1. The SMILES string of the molecule is CCC1OC(n2cnc3c(N)ncnc32)CC1N. The zero-order valence-corrected chi connectivity index (χ0v) is 10.2.